The van der Waals surface area contributed by atoms with E-state index in [1.807, 2.05) is 0 Å². The van der Waals surface area contributed by atoms with Gasteiger partial charge in [-0.1, -0.05) is 26.7 Å². The van der Waals surface area contributed by atoms with E-state index in [0.29, 0.717) is 0 Å². The summed E-state index contributed by atoms with van der Waals surface area (Å²) in [7, 11) is 0. The van der Waals surface area contributed by atoms with E-state index in [4.69, 9.17) is 0 Å². The van der Waals surface area contributed by atoms with Crippen molar-refractivity contribution < 1.29 is 0 Å². The van der Waals surface area contributed by atoms with E-state index in [2.05, 4.69) is 23.6 Å². The van der Waals surface area contributed by atoms with Crippen LogP contribution in [0.1, 0.15) is 58.8 Å². The lowest BCUT2D eigenvalue weighted by Gasteiger charge is -2.45. The molecule has 19 heavy (non-hydrogen) atoms. The summed E-state index contributed by atoms with van der Waals surface area (Å²) in [5.41, 5.74) is 0. The van der Waals surface area contributed by atoms with Crippen LogP contribution in [0.2, 0.25) is 0 Å². The highest BCUT2D eigenvalue weighted by atomic mass is 15.3. The Morgan fingerprint density at radius 3 is 2.53 bits per heavy atom. The van der Waals surface area contributed by atoms with Crippen LogP contribution in [0.4, 0.5) is 0 Å². The molecule has 110 valence electrons. The first-order valence-corrected chi connectivity index (χ1v) is 8.74. The third kappa shape index (κ3) is 3.16. The third-order valence-corrected chi connectivity index (χ3v) is 6.01. The van der Waals surface area contributed by atoms with Gasteiger partial charge in [-0.25, -0.2) is 0 Å². The Bertz CT molecular complexity index is 283. The van der Waals surface area contributed by atoms with Crippen LogP contribution < -0.4 is 0 Å². The van der Waals surface area contributed by atoms with Crippen LogP contribution in [0, 0.1) is 11.8 Å². The van der Waals surface area contributed by atoms with E-state index >= 15 is 0 Å². The second-order valence-corrected chi connectivity index (χ2v) is 7.43. The van der Waals surface area contributed by atoms with Gasteiger partial charge in [0.15, 0.2) is 0 Å². The number of rotatable bonds is 3. The number of hydrogen-bond donors (Lipinski definition) is 0. The lowest BCUT2D eigenvalue weighted by atomic mass is 9.82. The minimum Gasteiger partial charge on any atom is -0.298 e. The number of hydrogen-bond acceptors (Lipinski definition) is 2. The SMILES string of the molecule is CCC1CN2CCCC2CN1CC1CCC(C)CC1. The Balaban J connectivity index is 1.56. The molecule has 0 N–H and O–H groups in total. The Morgan fingerprint density at radius 1 is 1.00 bits per heavy atom. The molecule has 0 spiro atoms. The maximum absolute atomic E-state index is 2.87. The molecular weight excluding hydrogens is 232 g/mol. The van der Waals surface area contributed by atoms with E-state index in [9.17, 15) is 0 Å². The van der Waals surface area contributed by atoms with Gasteiger partial charge in [0.05, 0.1) is 0 Å². The molecule has 3 aliphatic rings. The van der Waals surface area contributed by atoms with Gasteiger partial charge in [0.25, 0.3) is 0 Å². The zero-order valence-corrected chi connectivity index (χ0v) is 13.0. The van der Waals surface area contributed by atoms with Gasteiger partial charge in [-0.15, -0.1) is 0 Å². The molecule has 3 rings (SSSR count). The lowest BCUT2D eigenvalue weighted by Crippen LogP contribution is -2.56. The zero-order chi connectivity index (χ0) is 13.2. The molecule has 2 atom stereocenters. The van der Waals surface area contributed by atoms with Gasteiger partial charge in [0, 0.05) is 31.7 Å². The fourth-order valence-electron chi connectivity index (χ4n) is 4.60. The van der Waals surface area contributed by atoms with Crippen molar-refractivity contribution in [1.29, 1.82) is 0 Å². The maximum Gasteiger partial charge on any atom is 0.0224 e. The maximum atomic E-state index is 2.87. The molecular formula is C17H32N2. The Labute approximate surface area is 119 Å². The average Bonchev–Trinajstić information content (AvgIpc) is 2.87. The Hall–Kier alpha value is -0.0800. The molecule has 0 aromatic rings. The fourth-order valence-corrected chi connectivity index (χ4v) is 4.60. The lowest BCUT2D eigenvalue weighted by molar-refractivity contribution is 0.0321. The predicted octanol–water partition coefficient (Wildman–Crippen LogP) is 3.37. The fraction of sp³-hybridized carbons (Fsp3) is 1.00. The van der Waals surface area contributed by atoms with E-state index in [1.54, 1.807) is 0 Å². The van der Waals surface area contributed by atoms with E-state index in [1.165, 1.54) is 71.1 Å². The number of fused-ring (bicyclic) bond motifs is 1. The molecule has 0 aromatic carbocycles. The standard InChI is InChI=1S/C17H32N2/c1-3-16-12-18-10-4-5-17(18)13-19(16)11-15-8-6-14(2)7-9-15/h14-17H,3-13H2,1-2H3. The van der Waals surface area contributed by atoms with Gasteiger partial charge in [0.2, 0.25) is 0 Å². The molecule has 1 aliphatic carbocycles. The van der Waals surface area contributed by atoms with Crippen molar-refractivity contribution in [3.05, 3.63) is 0 Å². The van der Waals surface area contributed by atoms with E-state index < -0.39 is 0 Å². The second kappa shape index (κ2) is 6.13. The average molecular weight is 264 g/mol. The second-order valence-electron chi connectivity index (χ2n) is 7.43. The summed E-state index contributed by atoms with van der Waals surface area (Å²) in [5, 5.41) is 0. The van der Waals surface area contributed by atoms with Gasteiger partial charge in [-0.2, -0.15) is 0 Å². The molecule has 2 heteroatoms. The zero-order valence-electron chi connectivity index (χ0n) is 13.0. The van der Waals surface area contributed by atoms with E-state index in [0.717, 1.165) is 23.9 Å². The largest absolute Gasteiger partial charge is 0.298 e. The predicted molar refractivity (Wildman–Crippen MR) is 81.4 cm³/mol. The topological polar surface area (TPSA) is 6.48 Å². The van der Waals surface area contributed by atoms with Crippen LogP contribution in [0.25, 0.3) is 0 Å². The third-order valence-electron chi connectivity index (χ3n) is 6.01. The van der Waals surface area contributed by atoms with Gasteiger partial charge >= 0.3 is 0 Å². The summed E-state index contributed by atoms with van der Waals surface area (Å²) >= 11 is 0. The van der Waals surface area contributed by atoms with Crippen molar-refractivity contribution in [2.75, 3.05) is 26.2 Å². The smallest absolute Gasteiger partial charge is 0.0224 e. The molecule has 2 nitrogen and oxygen atoms in total. The normalized spacial score (nSPS) is 41.4. The van der Waals surface area contributed by atoms with Crippen LogP contribution in [0.3, 0.4) is 0 Å². The van der Waals surface area contributed by atoms with Crippen LogP contribution in [-0.2, 0) is 0 Å². The van der Waals surface area contributed by atoms with E-state index in [-0.39, 0.29) is 0 Å². The molecule has 2 saturated heterocycles. The van der Waals surface area contributed by atoms with Crippen molar-refractivity contribution in [2.24, 2.45) is 11.8 Å². The minimum atomic E-state index is 0.841. The summed E-state index contributed by atoms with van der Waals surface area (Å²) in [4.78, 5) is 5.64. The first-order valence-electron chi connectivity index (χ1n) is 8.74. The molecule has 2 aliphatic heterocycles. The van der Waals surface area contributed by atoms with Crippen LogP contribution >= 0.6 is 0 Å². The van der Waals surface area contributed by atoms with Gasteiger partial charge in [-0.3, -0.25) is 9.80 Å². The molecule has 3 fully saturated rings. The summed E-state index contributed by atoms with van der Waals surface area (Å²) in [6, 6.07) is 1.74. The number of nitrogens with zero attached hydrogens (tertiary/aromatic N) is 2. The van der Waals surface area contributed by atoms with Crippen molar-refractivity contribution in [2.45, 2.75) is 70.9 Å². The Kier molecular flexibility index (Phi) is 4.48. The first-order chi connectivity index (χ1) is 9.26. The monoisotopic (exact) mass is 264 g/mol. The molecule has 2 unspecified atom stereocenters. The molecule has 0 aromatic heterocycles. The van der Waals surface area contributed by atoms with Crippen molar-refractivity contribution in [1.82, 2.24) is 9.80 Å². The van der Waals surface area contributed by atoms with Gasteiger partial charge in [-0.05, 0) is 50.5 Å². The quantitative estimate of drug-likeness (QED) is 0.771. The first kappa shape index (κ1) is 13.9. The van der Waals surface area contributed by atoms with Crippen molar-refractivity contribution in [3.8, 4) is 0 Å². The summed E-state index contributed by atoms with van der Waals surface area (Å²) in [6.45, 7) is 10.3. The highest BCUT2D eigenvalue weighted by molar-refractivity contribution is 4.92. The van der Waals surface area contributed by atoms with Crippen molar-refractivity contribution >= 4 is 0 Å². The highest BCUT2D eigenvalue weighted by Crippen LogP contribution is 2.32. The van der Waals surface area contributed by atoms with Crippen molar-refractivity contribution in [3.63, 3.8) is 0 Å². The molecule has 0 radical (unpaired) electrons. The molecule has 1 saturated carbocycles. The van der Waals surface area contributed by atoms with Crippen LogP contribution in [-0.4, -0.2) is 48.1 Å². The van der Waals surface area contributed by atoms with Gasteiger partial charge in [0.1, 0.15) is 0 Å². The summed E-state index contributed by atoms with van der Waals surface area (Å²) < 4.78 is 0. The highest BCUT2D eigenvalue weighted by Gasteiger charge is 2.36. The Morgan fingerprint density at radius 2 is 1.79 bits per heavy atom. The summed E-state index contributed by atoms with van der Waals surface area (Å²) in [5.74, 6) is 1.99. The van der Waals surface area contributed by atoms with Crippen LogP contribution in [0.5, 0.6) is 0 Å². The van der Waals surface area contributed by atoms with Gasteiger partial charge < -0.3 is 0 Å². The molecule has 2 heterocycles. The van der Waals surface area contributed by atoms with Crippen LogP contribution in [0.15, 0.2) is 0 Å². The molecule has 0 amide bonds. The number of piperazine rings is 1. The summed E-state index contributed by atoms with van der Waals surface area (Å²) in [6.07, 6.45) is 10.2. The molecule has 0 bridgehead atoms. The minimum absolute atomic E-state index is 0.841.